The lowest BCUT2D eigenvalue weighted by atomic mass is 10.2. The predicted octanol–water partition coefficient (Wildman–Crippen LogP) is 4.40. The van der Waals surface area contributed by atoms with Crippen molar-refractivity contribution in [2.24, 2.45) is 0 Å². The number of nitrogens with zero attached hydrogens (tertiary/aromatic N) is 3. The van der Waals surface area contributed by atoms with Crippen LogP contribution in [-0.4, -0.2) is 20.7 Å². The van der Waals surface area contributed by atoms with Gasteiger partial charge in [-0.15, -0.1) is 11.3 Å². The fraction of sp³-hybridized carbons (Fsp3) is 0.167. The number of carbonyl (C=O) groups is 1. The normalized spacial score (nSPS) is 11.1. The fourth-order valence-electron chi connectivity index (χ4n) is 2.55. The average molecular weight is 352 g/mol. The minimum atomic E-state index is -0.0600. The van der Waals surface area contributed by atoms with Crippen molar-refractivity contribution in [2.45, 2.75) is 20.3 Å². The zero-order valence-electron chi connectivity index (χ0n) is 13.8. The van der Waals surface area contributed by atoms with E-state index in [4.69, 9.17) is 4.42 Å². The second kappa shape index (κ2) is 6.18. The minimum absolute atomic E-state index is 0.0600. The molecule has 4 rings (SSSR count). The van der Waals surface area contributed by atoms with Gasteiger partial charge >= 0.3 is 0 Å². The molecule has 6 nitrogen and oxygen atoms in total. The van der Waals surface area contributed by atoms with Crippen LogP contribution in [0.15, 0.2) is 46.2 Å². The van der Waals surface area contributed by atoms with Crippen LogP contribution in [0.4, 0.5) is 5.82 Å². The third-order valence-electron chi connectivity index (χ3n) is 3.77. The van der Waals surface area contributed by atoms with Gasteiger partial charge in [0.2, 0.25) is 11.0 Å². The van der Waals surface area contributed by atoms with Crippen LogP contribution in [-0.2, 0) is 4.79 Å². The Morgan fingerprint density at radius 1 is 1.32 bits per heavy atom. The molecule has 0 saturated carbocycles. The minimum Gasteiger partial charge on any atom is -0.454 e. The van der Waals surface area contributed by atoms with Gasteiger partial charge in [-0.05, 0) is 19.1 Å². The molecule has 7 heteroatoms. The Bertz CT molecular complexity index is 1030. The van der Waals surface area contributed by atoms with Crippen molar-refractivity contribution >= 4 is 34.0 Å². The summed E-state index contributed by atoms with van der Waals surface area (Å²) < 4.78 is 7.52. The van der Waals surface area contributed by atoms with E-state index in [9.17, 15) is 4.79 Å². The number of para-hydroxylation sites is 1. The van der Waals surface area contributed by atoms with Gasteiger partial charge in [0, 0.05) is 23.3 Å². The number of hydrogen-bond acceptors (Lipinski definition) is 5. The SMILES string of the molecule is CCC(=O)Nc1cc(C)nn1-c1nc(-c2cc3ccccc3o2)cs1. The molecule has 0 saturated heterocycles. The van der Waals surface area contributed by atoms with Crippen LogP contribution in [0.1, 0.15) is 19.0 Å². The molecular formula is C18H16N4O2S. The van der Waals surface area contributed by atoms with E-state index in [1.54, 1.807) is 4.68 Å². The monoisotopic (exact) mass is 352 g/mol. The van der Waals surface area contributed by atoms with Crippen molar-refractivity contribution in [3.63, 3.8) is 0 Å². The Kier molecular flexibility index (Phi) is 3.85. The number of nitrogens with one attached hydrogen (secondary N) is 1. The summed E-state index contributed by atoms with van der Waals surface area (Å²) >= 11 is 1.45. The van der Waals surface area contributed by atoms with Gasteiger partial charge in [-0.3, -0.25) is 4.79 Å². The molecule has 3 heterocycles. The number of fused-ring (bicyclic) bond motifs is 1. The number of anilines is 1. The first kappa shape index (κ1) is 15.6. The first-order valence-electron chi connectivity index (χ1n) is 7.95. The van der Waals surface area contributed by atoms with Crippen LogP contribution >= 0.6 is 11.3 Å². The number of rotatable bonds is 4. The van der Waals surface area contributed by atoms with Gasteiger partial charge in [-0.1, -0.05) is 25.1 Å². The van der Waals surface area contributed by atoms with E-state index in [1.165, 1.54) is 11.3 Å². The maximum Gasteiger partial charge on any atom is 0.225 e. The molecule has 0 bridgehead atoms. The number of aromatic nitrogens is 3. The largest absolute Gasteiger partial charge is 0.454 e. The van der Waals surface area contributed by atoms with Crippen LogP contribution in [0, 0.1) is 6.92 Å². The van der Waals surface area contributed by atoms with Crippen LogP contribution < -0.4 is 5.32 Å². The molecule has 0 fully saturated rings. The van der Waals surface area contributed by atoms with Crippen LogP contribution in [0.3, 0.4) is 0 Å². The summed E-state index contributed by atoms with van der Waals surface area (Å²) in [6.07, 6.45) is 0.409. The zero-order chi connectivity index (χ0) is 17.4. The smallest absolute Gasteiger partial charge is 0.225 e. The highest BCUT2D eigenvalue weighted by atomic mass is 32.1. The quantitative estimate of drug-likeness (QED) is 0.591. The molecule has 126 valence electrons. The van der Waals surface area contributed by atoms with Crippen molar-refractivity contribution in [1.29, 1.82) is 0 Å². The number of aryl methyl sites for hydroxylation is 1. The molecule has 0 spiro atoms. The van der Waals surface area contributed by atoms with E-state index >= 15 is 0 Å². The van der Waals surface area contributed by atoms with Crippen molar-refractivity contribution in [3.05, 3.63) is 47.5 Å². The molecule has 1 aromatic carbocycles. The topological polar surface area (TPSA) is 73.0 Å². The summed E-state index contributed by atoms with van der Waals surface area (Å²) in [6, 6.07) is 11.7. The lowest BCUT2D eigenvalue weighted by Gasteiger charge is -2.04. The molecule has 0 unspecified atom stereocenters. The number of thiazole rings is 1. The standard InChI is InChI=1S/C18H16N4O2S/c1-3-17(23)20-16-8-11(2)21-22(16)18-19-13(10-25-18)15-9-12-6-4-5-7-14(12)24-15/h4-10H,3H2,1-2H3,(H,20,23). The lowest BCUT2D eigenvalue weighted by molar-refractivity contribution is -0.115. The van der Waals surface area contributed by atoms with E-state index < -0.39 is 0 Å². The Morgan fingerprint density at radius 3 is 2.96 bits per heavy atom. The molecule has 4 aromatic rings. The summed E-state index contributed by atoms with van der Waals surface area (Å²) in [4.78, 5) is 16.3. The van der Waals surface area contributed by atoms with E-state index in [2.05, 4.69) is 15.4 Å². The van der Waals surface area contributed by atoms with Gasteiger partial charge in [-0.25, -0.2) is 4.98 Å². The molecule has 3 aromatic heterocycles. The Labute approximate surface area is 148 Å². The highest BCUT2D eigenvalue weighted by Crippen LogP contribution is 2.30. The van der Waals surface area contributed by atoms with E-state index in [-0.39, 0.29) is 5.91 Å². The van der Waals surface area contributed by atoms with Gasteiger partial charge in [0.1, 0.15) is 17.1 Å². The summed E-state index contributed by atoms with van der Waals surface area (Å²) in [6.45, 7) is 3.69. The third-order valence-corrected chi connectivity index (χ3v) is 4.59. The second-order valence-electron chi connectivity index (χ2n) is 5.65. The summed E-state index contributed by atoms with van der Waals surface area (Å²) in [5.41, 5.74) is 2.39. The lowest BCUT2D eigenvalue weighted by Crippen LogP contribution is -2.13. The molecule has 0 aliphatic rings. The van der Waals surface area contributed by atoms with E-state index in [1.807, 2.05) is 55.6 Å². The van der Waals surface area contributed by atoms with Gasteiger partial charge in [-0.2, -0.15) is 9.78 Å². The molecule has 0 atom stereocenters. The van der Waals surface area contributed by atoms with Gasteiger partial charge in [0.25, 0.3) is 0 Å². The Balaban J connectivity index is 1.71. The van der Waals surface area contributed by atoms with Crippen molar-refractivity contribution in [2.75, 3.05) is 5.32 Å². The molecule has 0 radical (unpaired) electrons. The highest BCUT2D eigenvalue weighted by Gasteiger charge is 2.15. The predicted molar refractivity (Wildman–Crippen MR) is 98.1 cm³/mol. The molecule has 1 N–H and O–H groups in total. The van der Waals surface area contributed by atoms with E-state index in [0.717, 1.165) is 22.4 Å². The Morgan fingerprint density at radius 2 is 2.16 bits per heavy atom. The van der Waals surface area contributed by atoms with Gasteiger partial charge in [0.15, 0.2) is 5.76 Å². The first-order chi connectivity index (χ1) is 12.1. The molecule has 0 aliphatic heterocycles. The fourth-order valence-corrected chi connectivity index (χ4v) is 3.32. The van der Waals surface area contributed by atoms with Crippen molar-refractivity contribution in [1.82, 2.24) is 14.8 Å². The first-order valence-corrected chi connectivity index (χ1v) is 8.83. The highest BCUT2D eigenvalue weighted by molar-refractivity contribution is 7.12. The average Bonchev–Trinajstić information content (AvgIpc) is 3.31. The number of carbonyl (C=O) groups excluding carboxylic acids is 1. The maximum absolute atomic E-state index is 11.7. The zero-order valence-corrected chi connectivity index (χ0v) is 14.6. The number of furan rings is 1. The maximum atomic E-state index is 11.7. The molecule has 0 aliphatic carbocycles. The van der Waals surface area contributed by atoms with Gasteiger partial charge < -0.3 is 9.73 Å². The van der Waals surface area contributed by atoms with Crippen molar-refractivity contribution < 1.29 is 9.21 Å². The van der Waals surface area contributed by atoms with Crippen LogP contribution in [0.5, 0.6) is 0 Å². The summed E-state index contributed by atoms with van der Waals surface area (Å²) in [7, 11) is 0. The van der Waals surface area contributed by atoms with Crippen LogP contribution in [0.25, 0.3) is 27.6 Å². The number of hydrogen-bond donors (Lipinski definition) is 1. The van der Waals surface area contributed by atoms with Gasteiger partial charge in [0.05, 0.1) is 5.69 Å². The molecule has 25 heavy (non-hydrogen) atoms. The number of amides is 1. The van der Waals surface area contributed by atoms with Crippen molar-refractivity contribution in [3.8, 4) is 16.6 Å². The summed E-state index contributed by atoms with van der Waals surface area (Å²) in [5, 5.41) is 10.9. The second-order valence-corrected chi connectivity index (χ2v) is 6.48. The molecule has 1 amide bonds. The van der Waals surface area contributed by atoms with Crippen LogP contribution in [0.2, 0.25) is 0 Å². The summed E-state index contributed by atoms with van der Waals surface area (Å²) in [5.74, 6) is 1.27. The molecular weight excluding hydrogens is 336 g/mol. The number of benzene rings is 1. The van der Waals surface area contributed by atoms with E-state index in [0.29, 0.717) is 23.1 Å². The Hall–Kier alpha value is -2.93. The third kappa shape index (κ3) is 2.94.